The number of hydrogen-bond acceptors (Lipinski definition) is 4. The Bertz CT molecular complexity index is 659. The highest BCUT2D eigenvalue weighted by atomic mass is 16.5. The van der Waals surface area contributed by atoms with Crippen LogP contribution in [0.3, 0.4) is 0 Å². The topological polar surface area (TPSA) is 87.7 Å². The van der Waals surface area contributed by atoms with Gasteiger partial charge in [0.25, 0.3) is 5.91 Å². The lowest BCUT2D eigenvalue weighted by molar-refractivity contribution is -0.136. The lowest BCUT2D eigenvalue weighted by Gasteiger charge is -2.31. The molecule has 0 aromatic heterocycles. The molecule has 1 aromatic carbocycles. The van der Waals surface area contributed by atoms with Gasteiger partial charge in [-0.1, -0.05) is 25.0 Å². The molecule has 2 heterocycles. The molecule has 2 saturated heterocycles. The summed E-state index contributed by atoms with van der Waals surface area (Å²) in [6, 6.07) is 6.44. The molecule has 1 aromatic rings. The first-order valence-corrected chi connectivity index (χ1v) is 8.63. The van der Waals surface area contributed by atoms with Gasteiger partial charge in [-0.25, -0.2) is 4.79 Å². The van der Waals surface area contributed by atoms with Crippen LogP contribution < -0.4 is 15.4 Å². The summed E-state index contributed by atoms with van der Waals surface area (Å²) in [6.07, 6.45) is 3.96. The third-order valence-electron chi connectivity index (χ3n) is 4.81. The Morgan fingerprint density at radius 1 is 1.20 bits per heavy atom. The number of amides is 4. The minimum Gasteiger partial charge on any atom is -0.497 e. The summed E-state index contributed by atoms with van der Waals surface area (Å²) in [5, 5.41) is 4.66. The predicted octanol–water partition coefficient (Wildman–Crippen LogP) is 1.74. The van der Waals surface area contributed by atoms with Gasteiger partial charge >= 0.3 is 6.03 Å². The number of nitrogens with one attached hydrogen (secondary N) is 2. The Hall–Kier alpha value is -2.57. The average Bonchev–Trinajstić information content (AvgIpc) is 2.80. The zero-order valence-electron chi connectivity index (χ0n) is 14.3. The molecule has 4 amide bonds. The van der Waals surface area contributed by atoms with Gasteiger partial charge in [0.1, 0.15) is 11.8 Å². The number of benzene rings is 1. The van der Waals surface area contributed by atoms with Crippen molar-refractivity contribution in [3.63, 3.8) is 0 Å². The van der Waals surface area contributed by atoms with Gasteiger partial charge in [-0.2, -0.15) is 0 Å². The molecule has 0 aliphatic carbocycles. The van der Waals surface area contributed by atoms with Gasteiger partial charge in [-0.15, -0.1) is 0 Å². The standard InChI is InChI=1S/C18H23N3O4/c1-25-13-8-6-12(7-9-13)15-5-3-2-4-10-21(15)16(22)11-14-17(23)20-18(24)19-14/h6-9,14-15H,2-5,10-11H2,1H3,(H2,19,20,23,24)/t14-,15+/m1/s1. The van der Waals surface area contributed by atoms with Crippen LogP contribution in [0.4, 0.5) is 4.79 Å². The fourth-order valence-corrected chi connectivity index (χ4v) is 3.47. The zero-order valence-corrected chi connectivity index (χ0v) is 14.3. The van der Waals surface area contributed by atoms with E-state index in [1.807, 2.05) is 29.2 Å². The molecule has 0 saturated carbocycles. The summed E-state index contributed by atoms with van der Waals surface area (Å²) in [5.74, 6) is 0.236. The molecular weight excluding hydrogens is 322 g/mol. The first-order valence-electron chi connectivity index (χ1n) is 8.63. The molecule has 0 bridgehead atoms. The fourth-order valence-electron chi connectivity index (χ4n) is 3.47. The molecule has 25 heavy (non-hydrogen) atoms. The number of likely N-dealkylation sites (tertiary alicyclic amines) is 1. The summed E-state index contributed by atoms with van der Waals surface area (Å²) in [5.41, 5.74) is 1.07. The van der Waals surface area contributed by atoms with Gasteiger partial charge in [0.05, 0.1) is 19.6 Å². The normalized spacial score (nSPS) is 23.6. The van der Waals surface area contributed by atoms with E-state index in [1.165, 1.54) is 0 Å². The predicted molar refractivity (Wildman–Crippen MR) is 91.0 cm³/mol. The maximum absolute atomic E-state index is 12.8. The first-order chi connectivity index (χ1) is 12.1. The van der Waals surface area contributed by atoms with Gasteiger partial charge in [0.15, 0.2) is 0 Å². The van der Waals surface area contributed by atoms with E-state index in [1.54, 1.807) is 7.11 Å². The van der Waals surface area contributed by atoms with Crippen LogP contribution in [0.25, 0.3) is 0 Å². The number of nitrogens with zero attached hydrogens (tertiary/aromatic N) is 1. The van der Waals surface area contributed by atoms with Crippen molar-refractivity contribution in [1.29, 1.82) is 0 Å². The molecule has 134 valence electrons. The number of carbonyl (C=O) groups is 3. The van der Waals surface area contributed by atoms with Crippen LogP contribution in [0, 0.1) is 0 Å². The van der Waals surface area contributed by atoms with Crippen molar-refractivity contribution in [3.05, 3.63) is 29.8 Å². The minimum atomic E-state index is -0.778. The lowest BCUT2D eigenvalue weighted by atomic mass is 10.00. The van der Waals surface area contributed by atoms with Gasteiger partial charge in [0, 0.05) is 6.54 Å². The molecule has 0 radical (unpaired) electrons. The molecule has 2 N–H and O–H groups in total. The summed E-state index contributed by atoms with van der Waals surface area (Å²) in [7, 11) is 1.62. The Kier molecular flexibility index (Phi) is 5.21. The smallest absolute Gasteiger partial charge is 0.322 e. The van der Waals surface area contributed by atoms with E-state index < -0.39 is 18.0 Å². The second-order valence-corrected chi connectivity index (χ2v) is 6.44. The van der Waals surface area contributed by atoms with Gasteiger partial charge in [-0.3, -0.25) is 14.9 Å². The van der Waals surface area contributed by atoms with Crippen LogP contribution in [0.1, 0.15) is 43.7 Å². The quantitative estimate of drug-likeness (QED) is 0.814. The Morgan fingerprint density at radius 2 is 1.96 bits per heavy atom. The second-order valence-electron chi connectivity index (χ2n) is 6.44. The minimum absolute atomic E-state index is 0.00969. The van der Waals surface area contributed by atoms with Crippen LogP contribution >= 0.6 is 0 Å². The van der Waals surface area contributed by atoms with Crippen molar-refractivity contribution in [2.75, 3.05) is 13.7 Å². The largest absolute Gasteiger partial charge is 0.497 e. The third-order valence-corrected chi connectivity index (χ3v) is 4.81. The molecule has 2 aliphatic rings. The van der Waals surface area contributed by atoms with Crippen LogP contribution in [0.15, 0.2) is 24.3 Å². The number of imide groups is 1. The van der Waals surface area contributed by atoms with Gasteiger partial charge in [-0.05, 0) is 30.5 Å². The molecule has 7 nitrogen and oxygen atoms in total. The Balaban J connectivity index is 1.76. The summed E-state index contributed by atoms with van der Waals surface area (Å²) < 4.78 is 5.20. The van der Waals surface area contributed by atoms with Crippen molar-refractivity contribution in [1.82, 2.24) is 15.5 Å². The number of rotatable bonds is 4. The molecule has 7 heteroatoms. The van der Waals surface area contributed by atoms with E-state index in [4.69, 9.17) is 4.74 Å². The summed E-state index contributed by atoms with van der Waals surface area (Å²) in [6.45, 7) is 0.664. The first kappa shape index (κ1) is 17.3. The maximum Gasteiger partial charge on any atom is 0.322 e. The zero-order chi connectivity index (χ0) is 17.8. The molecular formula is C18H23N3O4. The highest BCUT2D eigenvalue weighted by Crippen LogP contribution is 2.31. The van der Waals surface area contributed by atoms with Crippen LogP contribution in [0.5, 0.6) is 5.75 Å². The molecule has 2 aliphatic heterocycles. The van der Waals surface area contributed by atoms with E-state index in [9.17, 15) is 14.4 Å². The Labute approximate surface area is 146 Å². The van der Waals surface area contributed by atoms with Crippen molar-refractivity contribution in [2.24, 2.45) is 0 Å². The van der Waals surface area contributed by atoms with E-state index >= 15 is 0 Å². The van der Waals surface area contributed by atoms with Crippen molar-refractivity contribution >= 4 is 17.8 Å². The Morgan fingerprint density at radius 3 is 2.60 bits per heavy atom. The SMILES string of the molecule is COc1ccc([C@@H]2CCCCCN2C(=O)C[C@H]2NC(=O)NC2=O)cc1. The van der Waals surface area contributed by atoms with Crippen LogP contribution in [-0.4, -0.2) is 42.4 Å². The summed E-state index contributed by atoms with van der Waals surface area (Å²) >= 11 is 0. The molecule has 3 rings (SSSR count). The number of methoxy groups -OCH3 is 1. The van der Waals surface area contributed by atoms with E-state index in [0.717, 1.165) is 37.0 Å². The fraction of sp³-hybridized carbons (Fsp3) is 0.500. The van der Waals surface area contributed by atoms with Crippen molar-refractivity contribution in [2.45, 2.75) is 44.2 Å². The van der Waals surface area contributed by atoms with Crippen molar-refractivity contribution < 1.29 is 19.1 Å². The highest BCUT2D eigenvalue weighted by molar-refractivity contribution is 6.05. The molecule has 2 fully saturated rings. The van der Waals surface area contributed by atoms with Crippen molar-refractivity contribution in [3.8, 4) is 5.75 Å². The second kappa shape index (κ2) is 7.55. The monoisotopic (exact) mass is 345 g/mol. The van der Waals surface area contributed by atoms with E-state index in [0.29, 0.717) is 6.54 Å². The lowest BCUT2D eigenvalue weighted by Crippen LogP contribution is -2.40. The molecule has 0 spiro atoms. The maximum atomic E-state index is 12.8. The van der Waals surface area contributed by atoms with Crippen LogP contribution in [0.2, 0.25) is 0 Å². The number of urea groups is 1. The third kappa shape index (κ3) is 3.92. The van der Waals surface area contributed by atoms with Gasteiger partial charge < -0.3 is 15.0 Å². The van der Waals surface area contributed by atoms with Crippen LogP contribution in [-0.2, 0) is 9.59 Å². The molecule has 2 atom stereocenters. The van der Waals surface area contributed by atoms with E-state index in [-0.39, 0.29) is 18.4 Å². The summed E-state index contributed by atoms with van der Waals surface area (Å²) in [4.78, 5) is 37.6. The number of hydrogen-bond donors (Lipinski definition) is 2. The van der Waals surface area contributed by atoms with Gasteiger partial charge in [0.2, 0.25) is 5.91 Å². The number of carbonyl (C=O) groups excluding carboxylic acids is 3. The van der Waals surface area contributed by atoms with E-state index in [2.05, 4.69) is 10.6 Å². The average molecular weight is 345 g/mol. The molecule has 0 unspecified atom stereocenters. The highest BCUT2D eigenvalue weighted by Gasteiger charge is 2.34. The number of ether oxygens (including phenoxy) is 1.